The van der Waals surface area contributed by atoms with Crippen LogP contribution in [0.4, 0.5) is 0 Å². The summed E-state index contributed by atoms with van der Waals surface area (Å²) in [7, 11) is 0. The Kier molecular flexibility index (Phi) is 6.51. The molecule has 10 atom stereocenters. The van der Waals surface area contributed by atoms with E-state index in [-0.39, 0.29) is 29.6 Å². The number of ether oxygens (including phenoxy) is 2. The van der Waals surface area contributed by atoms with Crippen molar-refractivity contribution >= 4 is 5.97 Å². The molecule has 6 heteroatoms. The van der Waals surface area contributed by atoms with Crippen LogP contribution < -0.4 is 0 Å². The van der Waals surface area contributed by atoms with Crippen LogP contribution in [0.1, 0.15) is 78.6 Å². The van der Waals surface area contributed by atoms with Gasteiger partial charge in [0.1, 0.15) is 6.10 Å². The third-order valence-corrected chi connectivity index (χ3v) is 12.0. The van der Waals surface area contributed by atoms with Crippen LogP contribution in [0.3, 0.4) is 0 Å². The molecular weight excluding hydrogens is 440 g/mol. The van der Waals surface area contributed by atoms with Gasteiger partial charge in [-0.1, -0.05) is 13.8 Å². The van der Waals surface area contributed by atoms with Gasteiger partial charge >= 0.3 is 5.97 Å². The largest absolute Gasteiger partial charge is 0.460 e. The van der Waals surface area contributed by atoms with Crippen molar-refractivity contribution < 1.29 is 19.4 Å². The summed E-state index contributed by atoms with van der Waals surface area (Å²) >= 11 is 0. The summed E-state index contributed by atoms with van der Waals surface area (Å²) < 4.78 is 11.8. The van der Waals surface area contributed by atoms with Gasteiger partial charge in [0, 0.05) is 37.5 Å². The molecule has 2 heterocycles. The Labute approximate surface area is 212 Å². The normalized spacial score (nSPS) is 50.9. The number of hydrogen-bond acceptors (Lipinski definition) is 6. The first kappa shape index (κ1) is 24.6. The maximum atomic E-state index is 12.2. The van der Waals surface area contributed by atoms with Crippen LogP contribution in [0.2, 0.25) is 0 Å². The zero-order chi connectivity index (χ0) is 24.4. The van der Waals surface area contributed by atoms with Crippen molar-refractivity contribution in [1.82, 2.24) is 9.80 Å². The summed E-state index contributed by atoms with van der Waals surface area (Å²) in [4.78, 5) is 17.4. The molecule has 1 N–H and O–H groups in total. The molecule has 198 valence electrons. The Hall–Kier alpha value is -0.690. The summed E-state index contributed by atoms with van der Waals surface area (Å²) in [6, 6.07) is 0.678. The van der Waals surface area contributed by atoms with Crippen molar-refractivity contribution in [2.24, 2.45) is 34.5 Å². The number of aliphatic hydroxyl groups excluding tert-OH is 1. The van der Waals surface area contributed by atoms with Gasteiger partial charge in [0.25, 0.3) is 0 Å². The molecule has 0 aromatic heterocycles. The standard InChI is InChI=1S/C29H48N2O4/c1-19(32)35-27-24(30-10-4-5-11-30)17-23-21-7-6-20-16-26(33)25(31-12-14-34-15-13-31)18-29(20,3)22(21)8-9-28(23,27)2/h20-27,33H,4-18H2,1-3H3/t20-,21+,22-,23-,24-,25-,26-,27-,28?,29?/m0/s1. The Morgan fingerprint density at radius 3 is 2.34 bits per heavy atom. The van der Waals surface area contributed by atoms with Gasteiger partial charge in [-0.2, -0.15) is 0 Å². The first-order valence-corrected chi connectivity index (χ1v) is 14.7. The summed E-state index contributed by atoms with van der Waals surface area (Å²) in [5, 5.41) is 11.2. The maximum Gasteiger partial charge on any atom is 0.302 e. The fraction of sp³-hybridized carbons (Fsp3) is 0.966. The molecule has 0 bridgehead atoms. The van der Waals surface area contributed by atoms with Crippen molar-refractivity contribution in [3.8, 4) is 0 Å². The summed E-state index contributed by atoms with van der Waals surface area (Å²) in [6.45, 7) is 12.5. The molecule has 6 nitrogen and oxygen atoms in total. The van der Waals surface area contributed by atoms with Crippen LogP contribution in [0.25, 0.3) is 0 Å². The third kappa shape index (κ3) is 4.00. The summed E-state index contributed by atoms with van der Waals surface area (Å²) in [6.07, 6.45) is 10.7. The van der Waals surface area contributed by atoms with E-state index in [1.54, 1.807) is 6.92 Å². The van der Waals surface area contributed by atoms with E-state index in [2.05, 4.69) is 23.6 Å². The quantitative estimate of drug-likeness (QED) is 0.611. The molecule has 4 saturated carbocycles. The lowest BCUT2D eigenvalue weighted by Gasteiger charge is -2.62. The maximum absolute atomic E-state index is 12.2. The lowest BCUT2D eigenvalue weighted by Crippen LogP contribution is -2.61. The number of esters is 1. The Morgan fingerprint density at radius 1 is 0.914 bits per heavy atom. The monoisotopic (exact) mass is 488 g/mol. The van der Waals surface area contributed by atoms with Crippen LogP contribution in [-0.4, -0.2) is 84.6 Å². The topological polar surface area (TPSA) is 62.2 Å². The third-order valence-electron chi connectivity index (χ3n) is 12.0. The molecule has 0 aromatic rings. The van der Waals surface area contributed by atoms with Gasteiger partial charge < -0.3 is 14.6 Å². The lowest BCUT2D eigenvalue weighted by molar-refractivity contribution is -0.172. The number of rotatable bonds is 3. The van der Waals surface area contributed by atoms with Gasteiger partial charge in [-0.3, -0.25) is 14.6 Å². The van der Waals surface area contributed by atoms with Crippen molar-refractivity contribution in [1.29, 1.82) is 0 Å². The highest BCUT2D eigenvalue weighted by molar-refractivity contribution is 5.66. The van der Waals surface area contributed by atoms with E-state index in [1.165, 1.54) is 44.9 Å². The van der Waals surface area contributed by atoms with Crippen LogP contribution in [-0.2, 0) is 14.3 Å². The van der Waals surface area contributed by atoms with Crippen molar-refractivity contribution in [3.63, 3.8) is 0 Å². The highest BCUT2D eigenvalue weighted by Crippen LogP contribution is 2.67. The number of likely N-dealkylation sites (tertiary alicyclic amines) is 1. The van der Waals surface area contributed by atoms with Crippen LogP contribution in [0, 0.1) is 34.5 Å². The average molecular weight is 489 g/mol. The zero-order valence-electron chi connectivity index (χ0n) is 22.3. The molecule has 2 aliphatic heterocycles. The summed E-state index contributed by atoms with van der Waals surface area (Å²) in [5.74, 6) is 2.63. The van der Waals surface area contributed by atoms with Gasteiger partial charge in [-0.25, -0.2) is 0 Å². The van der Waals surface area contributed by atoms with Gasteiger partial charge in [0.15, 0.2) is 0 Å². The zero-order valence-corrected chi connectivity index (χ0v) is 22.3. The summed E-state index contributed by atoms with van der Waals surface area (Å²) in [5.41, 5.74) is 0.399. The van der Waals surface area contributed by atoms with Crippen LogP contribution in [0.15, 0.2) is 0 Å². The number of carbonyl (C=O) groups excluding carboxylic acids is 1. The smallest absolute Gasteiger partial charge is 0.302 e. The number of hydrogen-bond donors (Lipinski definition) is 1. The minimum atomic E-state index is -0.198. The molecule has 6 rings (SSSR count). The Morgan fingerprint density at radius 2 is 1.63 bits per heavy atom. The minimum absolute atomic E-state index is 0.0452. The second kappa shape index (κ2) is 9.25. The van der Waals surface area contributed by atoms with Gasteiger partial charge in [0.05, 0.1) is 19.3 Å². The predicted molar refractivity (Wildman–Crippen MR) is 135 cm³/mol. The molecule has 0 spiro atoms. The lowest BCUT2D eigenvalue weighted by atomic mass is 9.44. The second-order valence-corrected chi connectivity index (χ2v) is 13.5. The molecule has 0 radical (unpaired) electrons. The number of morpholine rings is 1. The highest BCUT2D eigenvalue weighted by atomic mass is 16.5. The number of nitrogens with zero attached hydrogens (tertiary/aromatic N) is 2. The first-order chi connectivity index (χ1) is 16.8. The van der Waals surface area contributed by atoms with E-state index in [1.807, 2.05) is 0 Å². The average Bonchev–Trinajstić information content (AvgIpc) is 3.46. The van der Waals surface area contributed by atoms with Crippen molar-refractivity contribution in [2.75, 3.05) is 39.4 Å². The van der Waals surface area contributed by atoms with Crippen molar-refractivity contribution in [2.45, 2.75) is 103 Å². The van der Waals surface area contributed by atoms with Gasteiger partial charge in [-0.15, -0.1) is 0 Å². The van der Waals surface area contributed by atoms with Crippen LogP contribution in [0.5, 0.6) is 0 Å². The molecule has 0 amide bonds. The molecule has 2 saturated heterocycles. The van der Waals surface area contributed by atoms with E-state index in [9.17, 15) is 9.90 Å². The Balaban J connectivity index is 1.27. The van der Waals surface area contributed by atoms with E-state index in [0.29, 0.717) is 23.3 Å². The SMILES string of the molecule is CC(=O)O[C@H]1[C@@H](N2CCCC2)C[C@H]2[C@@H]3CC[C@H]4C[C@H](O)[C@@H](N5CCOCC5)CC4(C)[C@H]3CCC21C. The fourth-order valence-electron chi connectivity index (χ4n) is 10.3. The van der Waals surface area contributed by atoms with E-state index in [4.69, 9.17) is 9.47 Å². The minimum Gasteiger partial charge on any atom is -0.460 e. The van der Waals surface area contributed by atoms with Crippen LogP contribution >= 0.6 is 0 Å². The molecule has 4 aliphatic carbocycles. The number of aliphatic hydroxyl groups is 1. The predicted octanol–water partition coefficient (Wildman–Crippen LogP) is 3.71. The highest BCUT2D eigenvalue weighted by Gasteiger charge is 2.65. The molecular formula is C29H48N2O4. The first-order valence-electron chi connectivity index (χ1n) is 14.7. The van der Waals surface area contributed by atoms with Crippen molar-refractivity contribution in [3.05, 3.63) is 0 Å². The molecule has 2 unspecified atom stereocenters. The van der Waals surface area contributed by atoms with Gasteiger partial charge in [-0.05, 0) is 100.0 Å². The van der Waals surface area contributed by atoms with E-state index in [0.717, 1.165) is 64.1 Å². The van der Waals surface area contributed by atoms with E-state index < -0.39 is 0 Å². The molecule has 6 aliphatic rings. The number of fused-ring (bicyclic) bond motifs is 5. The molecule has 0 aromatic carbocycles. The second-order valence-electron chi connectivity index (χ2n) is 13.5. The number of carbonyl (C=O) groups is 1. The molecule has 6 fully saturated rings. The van der Waals surface area contributed by atoms with Gasteiger partial charge in [0.2, 0.25) is 0 Å². The Bertz CT molecular complexity index is 796. The fourth-order valence-corrected chi connectivity index (χ4v) is 10.3. The molecule has 35 heavy (non-hydrogen) atoms. The van der Waals surface area contributed by atoms with E-state index >= 15 is 0 Å².